The molecule has 1 fully saturated rings. The van der Waals surface area contributed by atoms with Gasteiger partial charge in [-0.15, -0.1) is 0 Å². The number of esters is 1. The summed E-state index contributed by atoms with van der Waals surface area (Å²) in [5.74, 6) is -2.51. The Morgan fingerprint density at radius 2 is 1.96 bits per heavy atom. The van der Waals surface area contributed by atoms with Gasteiger partial charge in [0, 0.05) is 30.2 Å². The summed E-state index contributed by atoms with van der Waals surface area (Å²) in [5.41, 5.74) is 0.0773. The number of ether oxygens (including phenoxy) is 1. The second-order valence-electron chi connectivity index (χ2n) is 5.80. The zero-order chi connectivity index (χ0) is 18.8. The van der Waals surface area contributed by atoms with Crippen molar-refractivity contribution in [1.29, 1.82) is 0 Å². The number of hydrogen-bond donors (Lipinski definition) is 2. The van der Waals surface area contributed by atoms with Crippen LogP contribution < -0.4 is 10.6 Å². The van der Waals surface area contributed by atoms with Crippen LogP contribution in [0.15, 0.2) is 35.5 Å². The smallest absolute Gasteiger partial charge is 0.343 e. The van der Waals surface area contributed by atoms with Crippen LogP contribution in [0.3, 0.4) is 0 Å². The number of Topliss-reactive ketones (excluding diaryl/α,β-unsaturated/α-hetero) is 1. The third-order valence-corrected chi connectivity index (χ3v) is 4.47. The van der Waals surface area contributed by atoms with Crippen LogP contribution in [0.25, 0.3) is 0 Å². The van der Waals surface area contributed by atoms with E-state index >= 15 is 0 Å². The van der Waals surface area contributed by atoms with Crippen LogP contribution in [-0.2, 0) is 23.9 Å². The molecule has 9 heteroatoms. The topological polar surface area (TPSA) is 105 Å². The highest BCUT2D eigenvalue weighted by molar-refractivity contribution is 6.30. The molecule has 3 rings (SSSR count). The van der Waals surface area contributed by atoms with Crippen molar-refractivity contribution in [2.24, 2.45) is 0 Å². The van der Waals surface area contributed by atoms with Crippen LogP contribution in [0.4, 0.5) is 5.69 Å². The summed E-state index contributed by atoms with van der Waals surface area (Å²) in [7, 11) is 1.13. The lowest BCUT2D eigenvalue weighted by molar-refractivity contribution is -0.141. The van der Waals surface area contributed by atoms with Crippen molar-refractivity contribution in [3.05, 3.63) is 40.6 Å². The molecular weight excluding hydrogens is 362 g/mol. The van der Waals surface area contributed by atoms with Crippen LogP contribution in [0.5, 0.6) is 0 Å². The van der Waals surface area contributed by atoms with Crippen molar-refractivity contribution in [2.75, 3.05) is 25.5 Å². The first-order valence-electron chi connectivity index (χ1n) is 7.89. The van der Waals surface area contributed by atoms with Gasteiger partial charge in [-0.1, -0.05) is 11.6 Å². The fraction of sp³-hybridized carbons (Fsp3) is 0.294. The summed E-state index contributed by atoms with van der Waals surface area (Å²) in [4.78, 5) is 50.8. The summed E-state index contributed by atoms with van der Waals surface area (Å²) in [5, 5.41) is 5.81. The molecule has 2 heterocycles. The number of hydrogen-bond acceptors (Lipinski definition) is 6. The molecule has 1 aromatic carbocycles. The number of ketones is 1. The molecule has 2 amide bonds. The first-order chi connectivity index (χ1) is 12.4. The minimum absolute atomic E-state index is 0.115. The van der Waals surface area contributed by atoms with Gasteiger partial charge in [0.1, 0.15) is 17.3 Å². The van der Waals surface area contributed by atoms with E-state index in [4.69, 9.17) is 11.6 Å². The van der Waals surface area contributed by atoms with Crippen LogP contribution in [0.2, 0.25) is 5.02 Å². The lowest BCUT2D eigenvalue weighted by atomic mass is 9.92. The van der Waals surface area contributed by atoms with E-state index in [0.29, 0.717) is 23.8 Å². The van der Waals surface area contributed by atoms with Crippen molar-refractivity contribution in [3.63, 3.8) is 0 Å². The van der Waals surface area contributed by atoms with Gasteiger partial charge in [0.15, 0.2) is 5.78 Å². The molecule has 0 radical (unpaired) electrons. The standard InChI is InChI=1S/C17H16ClN3O5/c1-26-17(25)13-12(22)8-11(21-7-6-19-16(24)14(13)21)15(23)20-10-4-2-9(18)3-5-10/h2-5,11H,6-8H2,1H3,(H,19,24)(H,20,23)/t11-/m0/s1. The molecule has 2 aliphatic rings. The fourth-order valence-electron chi connectivity index (χ4n) is 3.01. The van der Waals surface area contributed by atoms with Crippen molar-refractivity contribution in [1.82, 2.24) is 10.2 Å². The zero-order valence-corrected chi connectivity index (χ0v) is 14.6. The lowest BCUT2D eigenvalue weighted by Crippen LogP contribution is -2.57. The summed E-state index contributed by atoms with van der Waals surface area (Å²) < 4.78 is 4.62. The molecule has 0 aromatic heterocycles. The number of carbonyl (C=O) groups excluding carboxylic acids is 4. The van der Waals surface area contributed by atoms with Gasteiger partial charge in [-0.05, 0) is 24.3 Å². The van der Waals surface area contributed by atoms with Crippen molar-refractivity contribution >= 4 is 40.9 Å². The molecule has 0 unspecified atom stereocenters. The number of anilines is 1. The molecule has 0 aliphatic carbocycles. The van der Waals surface area contributed by atoms with E-state index in [1.165, 1.54) is 4.90 Å². The van der Waals surface area contributed by atoms with Crippen LogP contribution >= 0.6 is 11.6 Å². The highest BCUT2D eigenvalue weighted by atomic mass is 35.5. The Balaban J connectivity index is 1.92. The number of fused-ring (bicyclic) bond motifs is 1. The maximum atomic E-state index is 12.7. The molecule has 0 bridgehead atoms. The summed E-state index contributed by atoms with van der Waals surface area (Å²) >= 11 is 5.82. The molecule has 1 saturated heterocycles. The van der Waals surface area contributed by atoms with Crippen molar-refractivity contribution < 1.29 is 23.9 Å². The van der Waals surface area contributed by atoms with Gasteiger partial charge in [-0.3, -0.25) is 14.4 Å². The monoisotopic (exact) mass is 377 g/mol. The van der Waals surface area contributed by atoms with E-state index in [0.717, 1.165) is 7.11 Å². The van der Waals surface area contributed by atoms with Crippen LogP contribution in [-0.4, -0.2) is 54.7 Å². The molecule has 1 aromatic rings. The van der Waals surface area contributed by atoms with Gasteiger partial charge >= 0.3 is 5.97 Å². The van der Waals surface area contributed by atoms with E-state index in [1.807, 2.05) is 0 Å². The number of nitrogens with zero attached hydrogens (tertiary/aromatic N) is 1. The average Bonchev–Trinajstić information content (AvgIpc) is 2.63. The van der Waals surface area contributed by atoms with Crippen molar-refractivity contribution in [3.8, 4) is 0 Å². The summed E-state index contributed by atoms with van der Waals surface area (Å²) in [6.07, 6.45) is -0.222. The lowest BCUT2D eigenvalue weighted by Gasteiger charge is -2.40. The molecule has 2 N–H and O–H groups in total. The highest BCUT2D eigenvalue weighted by Crippen LogP contribution is 2.28. The Labute approximate surface area is 154 Å². The number of piperazine rings is 1. The number of methoxy groups -OCH3 is 1. The predicted molar refractivity (Wildman–Crippen MR) is 92.3 cm³/mol. The SMILES string of the molecule is COC(=O)C1=C2C(=O)NCCN2[C@H](C(=O)Nc2ccc(Cl)cc2)CC1=O. The molecule has 26 heavy (non-hydrogen) atoms. The van der Waals surface area contributed by atoms with E-state index in [9.17, 15) is 19.2 Å². The molecular formula is C17H16ClN3O5. The van der Waals surface area contributed by atoms with Gasteiger partial charge in [0.05, 0.1) is 7.11 Å². The second kappa shape index (κ2) is 7.17. The summed E-state index contributed by atoms with van der Waals surface area (Å²) in [6, 6.07) is 5.61. The quantitative estimate of drug-likeness (QED) is 0.586. The zero-order valence-electron chi connectivity index (χ0n) is 13.9. The first-order valence-corrected chi connectivity index (χ1v) is 8.27. The third-order valence-electron chi connectivity index (χ3n) is 4.22. The Kier molecular flexibility index (Phi) is 4.94. The van der Waals surface area contributed by atoms with Crippen LogP contribution in [0, 0.1) is 0 Å². The Bertz CT molecular complexity index is 818. The van der Waals surface area contributed by atoms with Gasteiger partial charge in [0.25, 0.3) is 5.91 Å². The first kappa shape index (κ1) is 17.9. The Morgan fingerprint density at radius 1 is 1.27 bits per heavy atom. The molecule has 0 spiro atoms. The minimum Gasteiger partial charge on any atom is -0.465 e. The van der Waals surface area contributed by atoms with Crippen LogP contribution in [0.1, 0.15) is 6.42 Å². The average molecular weight is 378 g/mol. The summed E-state index contributed by atoms with van der Waals surface area (Å²) in [6.45, 7) is 0.600. The van der Waals surface area contributed by atoms with E-state index < -0.39 is 29.6 Å². The maximum absolute atomic E-state index is 12.7. The Hall–Kier alpha value is -2.87. The largest absolute Gasteiger partial charge is 0.465 e. The number of nitrogens with one attached hydrogen (secondary N) is 2. The van der Waals surface area contributed by atoms with Gasteiger partial charge < -0.3 is 20.3 Å². The van der Waals surface area contributed by atoms with Gasteiger partial charge in [-0.25, -0.2) is 4.79 Å². The number of amides is 2. The fourth-order valence-corrected chi connectivity index (χ4v) is 3.14. The number of rotatable bonds is 3. The predicted octanol–water partition coefficient (Wildman–Crippen LogP) is 0.479. The molecule has 8 nitrogen and oxygen atoms in total. The number of carbonyl (C=O) groups is 4. The van der Waals surface area contributed by atoms with E-state index in [1.54, 1.807) is 24.3 Å². The number of halogens is 1. The Morgan fingerprint density at radius 3 is 2.62 bits per heavy atom. The minimum atomic E-state index is -0.896. The highest BCUT2D eigenvalue weighted by Gasteiger charge is 2.44. The second-order valence-corrected chi connectivity index (χ2v) is 6.24. The maximum Gasteiger partial charge on any atom is 0.343 e. The van der Waals surface area contributed by atoms with E-state index in [-0.39, 0.29) is 17.7 Å². The van der Waals surface area contributed by atoms with Crippen molar-refractivity contribution in [2.45, 2.75) is 12.5 Å². The van der Waals surface area contributed by atoms with E-state index in [2.05, 4.69) is 15.4 Å². The molecule has 0 saturated carbocycles. The third kappa shape index (κ3) is 3.28. The normalized spacial score (nSPS) is 19.6. The number of benzene rings is 1. The van der Waals surface area contributed by atoms with Gasteiger partial charge in [-0.2, -0.15) is 0 Å². The van der Waals surface area contributed by atoms with Gasteiger partial charge in [0.2, 0.25) is 5.91 Å². The molecule has 1 atom stereocenters. The molecule has 2 aliphatic heterocycles. The molecule has 136 valence electrons.